The Morgan fingerprint density at radius 2 is 1.62 bits per heavy atom. The number of rotatable bonds is 5. The van der Waals surface area contributed by atoms with Crippen LogP contribution in [0.3, 0.4) is 0 Å². The first-order chi connectivity index (χ1) is 14.8. The van der Waals surface area contributed by atoms with Crippen LogP contribution in [0.15, 0.2) is 54.6 Å². The number of nitrogens with zero attached hydrogens (tertiary/aromatic N) is 1. The van der Waals surface area contributed by atoms with E-state index in [9.17, 15) is 36.4 Å². The molecule has 32 heavy (non-hydrogen) atoms. The average molecular weight is 478 g/mol. The van der Waals surface area contributed by atoms with Crippen molar-refractivity contribution in [3.63, 3.8) is 0 Å². The van der Waals surface area contributed by atoms with E-state index in [1.54, 1.807) is 36.4 Å². The molecule has 0 aromatic heterocycles. The molecular formula is C21H14ClF6NO3. The molecule has 1 aliphatic rings. The molecule has 4 atom stereocenters. The fourth-order valence-corrected chi connectivity index (χ4v) is 3.99. The number of benzene rings is 2. The molecule has 0 aliphatic heterocycles. The largest absolute Gasteiger partial charge is 0.457 e. The number of nitriles is 1. The quantitative estimate of drug-likeness (QED) is 0.287. The lowest BCUT2D eigenvalue weighted by Gasteiger charge is -2.21. The molecule has 3 rings (SSSR count). The molecule has 0 bridgehead atoms. The Hall–Kier alpha value is -2.93. The zero-order valence-electron chi connectivity index (χ0n) is 16.2. The van der Waals surface area contributed by atoms with Crippen molar-refractivity contribution in [1.82, 2.24) is 0 Å². The van der Waals surface area contributed by atoms with Gasteiger partial charge in [-0.15, -0.1) is 11.6 Å². The molecule has 2 aromatic rings. The van der Waals surface area contributed by atoms with Gasteiger partial charge in [-0.05, 0) is 31.2 Å². The number of hydrogen-bond acceptors (Lipinski definition) is 4. The van der Waals surface area contributed by atoms with Crippen LogP contribution in [-0.2, 0) is 9.53 Å². The Labute approximate surface area is 183 Å². The summed E-state index contributed by atoms with van der Waals surface area (Å²) in [6.45, 7) is 0.203. The van der Waals surface area contributed by atoms with Crippen molar-refractivity contribution in [3.8, 4) is 17.6 Å². The van der Waals surface area contributed by atoms with Crippen molar-refractivity contribution in [2.75, 3.05) is 0 Å². The zero-order chi connectivity index (χ0) is 23.9. The normalized spacial score (nSPS) is 26.0. The molecule has 0 spiro atoms. The first kappa shape index (κ1) is 23.7. The molecule has 0 N–H and O–H groups in total. The highest BCUT2D eigenvalue weighted by molar-refractivity contribution is 6.30. The summed E-state index contributed by atoms with van der Waals surface area (Å²) in [7, 11) is 0. The molecule has 4 unspecified atom stereocenters. The molecule has 1 aliphatic carbocycles. The zero-order valence-corrected chi connectivity index (χ0v) is 16.9. The van der Waals surface area contributed by atoms with Crippen molar-refractivity contribution < 1.29 is 40.6 Å². The van der Waals surface area contributed by atoms with E-state index >= 15 is 0 Å². The molecule has 1 saturated carbocycles. The van der Waals surface area contributed by atoms with Crippen LogP contribution in [0.5, 0.6) is 11.5 Å². The lowest BCUT2D eigenvalue weighted by atomic mass is 10.0. The minimum Gasteiger partial charge on any atom is -0.457 e. The van der Waals surface area contributed by atoms with E-state index in [0.29, 0.717) is 5.75 Å². The molecule has 0 radical (unpaired) electrons. The molecule has 2 aromatic carbocycles. The number of hydrogen-bond donors (Lipinski definition) is 0. The summed E-state index contributed by atoms with van der Waals surface area (Å²) in [5.41, 5.74) is -3.61. The van der Waals surface area contributed by atoms with Gasteiger partial charge in [0.25, 0.3) is 0 Å². The summed E-state index contributed by atoms with van der Waals surface area (Å²) >= 11 is 5.31. The third-order valence-corrected chi connectivity index (χ3v) is 6.20. The van der Waals surface area contributed by atoms with Gasteiger partial charge < -0.3 is 9.47 Å². The van der Waals surface area contributed by atoms with Gasteiger partial charge in [-0.1, -0.05) is 30.3 Å². The van der Waals surface area contributed by atoms with Gasteiger partial charge in [-0.2, -0.15) is 31.6 Å². The Bertz CT molecular complexity index is 1030. The number of carbonyl (C=O) groups is 1. The van der Waals surface area contributed by atoms with Crippen LogP contribution in [-0.4, -0.2) is 23.2 Å². The van der Waals surface area contributed by atoms with E-state index < -0.39 is 40.6 Å². The van der Waals surface area contributed by atoms with Crippen LogP contribution in [0.1, 0.15) is 18.6 Å². The highest BCUT2D eigenvalue weighted by Gasteiger charge is 2.95. The highest BCUT2D eigenvalue weighted by atomic mass is 35.5. The molecule has 0 heterocycles. The minimum atomic E-state index is -5.55. The Morgan fingerprint density at radius 3 is 2.12 bits per heavy atom. The van der Waals surface area contributed by atoms with E-state index in [2.05, 4.69) is 0 Å². The van der Waals surface area contributed by atoms with Gasteiger partial charge in [-0.3, -0.25) is 4.79 Å². The third kappa shape index (κ3) is 3.75. The van der Waals surface area contributed by atoms with Crippen molar-refractivity contribution in [3.05, 3.63) is 60.2 Å². The van der Waals surface area contributed by atoms with E-state index in [0.717, 1.165) is 0 Å². The minimum absolute atomic E-state index is 0.00387. The topological polar surface area (TPSA) is 59.3 Å². The SMILES string of the molecule is CC1(C(F)(F)F)C(C(=O)OC(C#N)c2cccc(Oc3ccccc3)c2)C1(Cl)C(F)(F)F. The summed E-state index contributed by atoms with van der Waals surface area (Å²) in [4.78, 5) is 8.46. The summed E-state index contributed by atoms with van der Waals surface area (Å²) in [6, 6.07) is 15.5. The Balaban J connectivity index is 1.84. The number of para-hydroxylation sites is 1. The van der Waals surface area contributed by atoms with Gasteiger partial charge in [0.05, 0.1) is 0 Å². The second-order valence-electron chi connectivity index (χ2n) is 7.28. The average Bonchev–Trinajstić information content (AvgIpc) is 3.26. The summed E-state index contributed by atoms with van der Waals surface area (Å²) in [6.07, 6.45) is -12.8. The van der Waals surface area contributed by atoms with E-state index in [1.807, 2.05) is 0 Å². The maximum Gasteiger partial charge on any atom is 0.409 e. The number of ether oxygens (including phenoxy) is 2. The lowest BCUT2D eigenvalue weighted by molar-refractivity contribution is -0.214. The van der Waals surface area contributed by atoms with Crippen molar-refractivity contribution >= 4 is 17.6 Å². The fourth-order valence-electron chi connectivity index (χ4n) is 3.52. The fraction of sp³-hybridized carbons (Fsp3) is 0.333. The van der Waals surface area contributed by atoms with Crippen molar-refractivity contribution in [1.29, 1.82) is 5.26 Å². The highest BCUT2D eigenvalue weighted by Crippen LogP contribution is 2.78. The predicted octanol–water partition coefficient (Wildman–Crippen LogP) is 6.33. The van der Waals surface area contributed by atoms with E-state index in [-0.39, 0.29) is 18.2 Å². The number of alkyl halides is 7. The third-order valence-electron chi connectivity index (χ3n) is 5.38. The Morgan fingerprint density at radius 1 is 1.03 bits per heavy atom. The smallest absolute Gasteiger partial charge is 0.409 e. The van der Waals surface area contributed by atoms with Gasteiger partial charge >= 0.3 is 18.3 Å². The molecule has 1 fully saturated rings. The van der Waals surface area contributed by atoms with E-state index in [4.69, 9.17) is 21.1 Å². The number of halogens is 7. The summed E-state index contributed by atoms with van der Waals surface area (Å²) in [5, 5.41) is 9.35. The van der Waals surface area contributed by atoms with Gasteiger partial charge in [-0.25, -0.2) is 0 Å². The number of carbonyl (C=O) groups excluding carboxylic acids is 1. The number of esters is 1. The molecule has 170 valence electrons. The van der Waals surface area contributed by atoms with Crippen LogP contribution in [0.25, 0.3) is 0 Å². The predicted molar refractivity (Wildman–Crippen MR) is 99.7 cm³/mol. The monoisotopic (exact) mass is 477 g/mol. The molecule has 0 saturated heterocycles. The molecule has 4 nitrogen and oxygen atoms in total. The van der Waals surface area contributed by atoms with E-state index in [1.165, 1.54) is 24.3 Å². The van der Waals surface area contributed by atoms with Crippen LogP contribution in [0.4, 0.5) is 26.3 Å². The maximum atomic E-state index is 13.4. The van der Waals surface area contributed by atoms with Crippen molar-refractivity contribution in [2.24, 2.45) is 11.3 Å². The van der Waals surface area contributed by atoms with Crippen LogP contribution in [0, 0.1) is 22.7 Å². The van der Waals surface area contributed by atoms with Crippen molar-refractivity contribution in [2.45, 2.75) is 30.3 Å². The second kappa shape index (κ2) is 7.89. The summed E-state index contributed by atoms with van der Waals surface area (Å²) in [5.74, 6) is -4.00. The molecule has 0 amide bonds. The summed E-state index contributed by atoms with van der Waals surface area (Å²) < 4.78 is 90.5. The van der Waals surface area contributed by atoms with Crippen LogP contribution in [0.2, 0.25) is 0 Å². The lowest BCUT2D eigenvalue weighted by Crippen LogP contribution is -2.38. The van der Waals surface area contributed by atoms with Gasteiger partial charge in [0.15, 0.2) is 4.87 Å². The second-order valence-corrected chi connectivity index (χ2v) is 7.87. The first-order valence-corrected chi connectivity index (χ1v) is 9.40. The van der Waals surface area contributed by atoms with Gasteiger partial charge in [0.1, 0.15) is 28.9 Å². The maximum absolute atomic E-state index is 13.4. The molecular weight excluding hydrogens is 464 g/mol. The van der Waals surface area contributed by atoms with Crippen LogP contribution < -0.4 is 4.74 Å². The standard InChI is InChI=1S/C21H14ClF6NO3/c1-18(20(23,24)25)16(19(18,22)21(26,27)28)17(30)32-15(11-29)12-6-5-9-14(10-12)31-13-7-3-2-4-8-13/h2-10,15-16H,1H3. The Kier molecular flexibility index (Phi) is 5.85. The van der Waals surface area contributed by atoms with Gasteiger partial charge in [0.2, 0.25) is 6.10 Å². The van der Waals surface area contributed by atoms with Gasteiger partial charge in [0, 0.05) is 5.56 Å². The molecule has 11 heteroatoms. The van der Waals surface area contributed by atoms with Crippen LogP contribution >= 0.6 is 11.6 Å². The first-order valence-electron chi connectivity index (χ1n) is 9.02.